The molecule has 154 valence electrons. The highest BCUT2D eigenvalue weighted by Crippen LogP contribution is 2.26. The molecule has 0 aliphatic heterocycles. The molecular formula is C25H25NO4. The number of carboxylic acids is 1. The van der Waals surface area contributed by atoms with Gasteiger partial charge in [-0.25, -0.2) is 4.79 Å². The molecule has 5 heteroatoms. The lowest BCUT2D eigenvalue weighted by molar-refractivity contribution is 0.0696. The Labute approximate surface area is 176 Å². The number of aromatic carboxylic acids is 1. The van der Waals surface area contributed by atoms with Crippen LogP contribution < -0.4 is 9.64 Å². The zero-order valence-corrected chi connectivity index (χ0v) is 17.2. The van der Waals surface area contributed by atoms with E-state index in [1.807, 2.05) is 50.2 Å². The first-order valence-corrected chi connectivity index (χ1v) is 9.98. The number of carboxylic acid groups (broad SMARTS) is 1. The van der Waals surface area contributed by atoms with Crippen molar-refractivity contribution in [1.82, 2.24) is 0 Å². The Balaban J connectivity index is 2.03. The number of hydrogen-bond acceptors (Lipinski definition) is 3. The van der Waals surface area contributed by atoms with Gasteiger partial charge in [0.25, 0.3) is 5.91 Å². The fraction of sp³-hybridized carbons (Fsp3) is 0.200. The third kappa shape index (κ3) is 4.87. The largest absolute Gasteiger partial charge is 0.494 e. The number of amides is 1. The third-order valence-electron chi connectivity index (χ3n) is 4.82. The highest BCUT2D eigenvalue weighted by molar-refractivity contribution is 6.06. The molecule has 0 aromatic heterocycles. The average Bonchev–Trinajstić information content (AvgIpc) is 2.77. The predicted molar refractivity (Wildman–Crippen MR) is 117 cm³/mol. The molecule has 0 fully saturated rings. The Hall–Kier alpha value is -3.60. The van der Waals surface area contributed by atoms with E-state index in [9.17, 15) is 14.7 Å². The summed E-state index contributed by atoms with van der Waals surface area (Å²) >= 11 is 0. The van der Waals surface area contributed by atoms with Gasteiger partial charge in [0.2, 0.25) is 0 Å². The molecule has 30 heavy (non-hydrogen) atoms. The van der Waals surface area contributed by atoms with Gasteiger partial charge in [-0.2, -0.15) is 0 Å². The molecule has 5 nitrogen and oxygen atoms in total. The lowest BCUT2D eigenvalue weighted by Gasteiger charge is -2.26. The highest BCUT2D eigenvalue weighted by Gasteiger charge is 2.21. The third-order valence-corrected chi connectivity index (χ3v) is 4.82. The van der Waals surface area contributed by atoms with Crippen molar-refractivity contribution >= 4 is 17.6 Å². The molecule has 1 amide bonds. The smallest absolute Gasteiger partial charge is 0.335 e. The van der Waals surface area contributed by atoms with E-state index in [2.05, 4.69) is 0 Å². The van der Waals surface area contributed by atoms with Crippen LogP contribution in [-0.4, -0.2) is 23.6 Å². The van der Waals surface area contributed by atoms with E-state index < -0.39 is 5.97 Å². The number of para-hydroxylation sites is 1. The van der Waals surface area contributed by atoms with E-state index in [4.69, 9.17) is 4.74 Å². The second kappa shape index (κ2) is 9.74. The van der Waals surface area contributed by atoms with Gasteiger partial charge in [-0.3, -0.25) is 4.79 Å². The van der Waals surface area contributed by atoms with Gasteiger partial charge in [-0.05, 0) is 60.9 Å². The number of ether oxygens (including phenoxy) is 1. The summed E-state index contributed by atoms with van der Waals surface area (Å²) < 4.78 is 5.55. The summed E-state index contributed by atoms with van der Waals surface area (Å²) in [6.07, 6.45) is 0.772. The summed E-state index contributed by atoms with van der Waals surface area (Å²) in [7, 11) is 0. The molecule has 0 aliphatic carbocycles. The first kappa shape index (κ1) is 21.1. The summed E-state index contributed by atoms with van der Waals surface area (Å²) in [6.45, 7) is 4.72. The van der Waals surface area contributed by atoms with Gasteiger partial charge in [-0.1, -0.05) is 43.3 Å². The molecule has 0 atom stereocenters. The van der Waals surface area contributed by atoms with Crippen molar-refractivity contribution in [3.63, 3.8) is 0 Å². The molecule has 3 aromatic carbocycles. The normalized spacial score (nSPS) is 10.5. The van der Waals surface area contributed by atoms with Crippen LogP contribution in [0.2, 0.25) is 0 Å². The molecule has 0 spiro atoms. The van der Waals surface area contributed by atoms with E-state index >= 15 is 0 Å². The Bertz CT molecular complexity index is 1040. The van der Waals surface area contributed by atoms with Crippen molar-refractivity contribution in [2.45, 2.75) is 26.8 Å². The predicted octanol–water partition coefficient (Wildman–Crippen LogP) is 5.19. The Morgan fingerprint density at radius 3 is 2.37 bits per heavy atom. The van der Waals surface area contributed by atoms with Crippen LogP contribution in [0.4, 0.5) is 5.69 Å². The van der Waals surface area contributed by atoms with E-state index in [-0.39, 0.29) is 18.0 Å². The van der Waals surface area contributed by atoms with Gasteiger partial charge in [-0.15, -0.1) is 0 Å². The summed E-state index contributed by atoms with van der Waals surface area (Å²) in [5.41, 5.74) is 3.31. The lowest BCUT2D eigenvalue weighted by atomic mass is 10.1. The van der Waals surface area contributed by atoms with Crippen LogP contribution in [0.3, 0.4) is 0 Å². The molecule has 0 saturated heterocycles. The molecule has 0 radical (unpaired) electrons. The van der Waals surface area contributed by atoms with Crippen LogP contribution in [-0.2, 0) is 13.0 Å². The first-order chi connectivity index (χ1) is 14.5. The van der Waals surface area contributed by atoms with Crippen molar-refractivity contribution in [3.8, 4) is 5.75 Å². The second-order valence-corrected chi connectivity index (χ2v) is 6.84. The number of anilines is 1. The molecule has 1 N–H and O–H groups in total. The minimum atomic E-state index is -0.992. The van der Waals surface area contributed by atoms with Gasteiger partial charge in [0.1, 0.15) is 5.75 Å². The van der Waals surface area contributed by atoms with Gasteiger partial charge in [0, 0.05) is 11.3 Å². The van der Waals surface area contributed by atoms with Crippen LogP contribution in [0.1, 0.15) is 45.7 Å². The Morgan fingerprint density at radius 1 is 0.900 bits per heavy atom. The minimum Gasteiger partial charge on any atom is -0.494 e. The van der Waals surface area contributed by atoms with Crippen molar-refractivity contribution in [1.29, 1.82) is 0 Å². The zero-order chi connectivity index (χ0) is 21.5. The maximum Gasteiger partial charge on any atom is 0.335 e. The number of rotatable bonds is 8. The van der Waals surface area contributed by atoms with Crippen LogP contribution in [0.5, 0.6) is 5.75 Å². The Kier molecular flexibility index (Phi) is 6.86. The maximum absolute atomic E-state index is 13.5. The summed E-state index contributed by atoms with van der Waals surface area (Å²) in [4.78, 5) is 26.6. The molecule has 0 aliphatic rings. The Morgan fingerprint density at radius 2 is 1.63 bits per heavy atom. The van der Waals surface area contributed by atoms with Crippen LogP contribution in [0.15, 0.2) is 72.8 Å². The second-order valence-electron chi connectivity index (χ2n) is 6.84. The van der Waals surface area contributed by atoms with Gasteiger partial charge in [0.15, 0.2) is 0 Å². The van der Waals surface area contributed by atoms with E-state index in [1.54, 1.807) is 41.3 Å². The topological polar surface area (TPSA) is 66.8 Å². The maximum atomic E-state index is 13.5. The van der Waals surface area contributed by atoms with E-state index in [0.717, 1.165) is 23.2 Å². The molecule has 3 aromatic rings. The van der Waals surface area contributed by atoms with Crippen molar-refractivity contribution in [2.75, 3.05) is 11.5 Å². The molecule has 0 bridgehead atoms. The monoisotopic (exact) mass is 403 g/mol. The SMILES string of the molecule is CCOc1cccc(C(=O)N(Cc2cccc(C(=O)O)c2)c2ccccc2CC)c1. The van der Waals surface area contributed by atoms with Crippen molar-refractivity contribution in [2.24, 2.45) is 0 Å². The first-order valence-electron chi connectivity index (χ1n) is 9.98. The molecule has 3 rings (SSSR count). The number of hydrogen-bond donors (Lipinski definition) is 1. The number of carbonyl (C=O) groups is 2. The number of carbonyl (C=O) groups excluding carboxylic acids is 1. The fourth-order valence-corrected chi connectivity index (χ4v) is 3.37. The van der Waals surface area contributed by atoms with Crippen molar-refractivity contribution < 1.29 is 19.4 Å². The molecule has 0 saturated carbocycles. The van der Waals surface area contributed by atoms with Crippen LogP contribution in [0.25, 0.3) is 0 Å². The summed E-state index contributed by atoms with van der Waals surface area (Å²) in [5.74, 6) is -0.522. The van der Waals surface area contributed by atoms with Gasteiger partial charge in [0.05, 0.1) is 18.7 Å². The number of benzene rings is 3. The molecular weight excluding hydrogens is 378 g/mol. The fourth-order valence-electron chi connectivity index (χ4n) is 3.37. The summed E-state index contributed by atoms with van der Waals surface area (Å²) in [6, 6.07) is 21.6. The minimum absolute atomic E-state index is 0.168. The van der Waals surface area contributed by atoms with Gasteiger partial charge < -0.3 is 14.7 Å². The van der Waals surface area contributed by atoms with Crippen molar-refractivity contribution in [3.05, 3.63) is 95.1 Å². The quantitative estimate of drug-likeness (QED) is 0.562. The van der Waals surface area contributed by atoms with Crippen LogP contribution in [0, 0.1) is 0 Å². The number of nitrogens with zero attached hydrogens (tertiary/aromatic N) is 1. The summed E-state index contributed by atoms with van der Waals surface area (Å²) in [5, 5.41) is 9.32. The highest BCUT2D eigenvalue weighted by atomic mass is 16.5. The van der Waals surface area contributed by atoms with E-state index in [0.29, 0.717) is 17.9 Å². The number of aryl methyl sites for hydroxylation is 1. The molecule has 0 heterocycles. The lowest BCUT2D eigenvalue weighted by Crippen LogP contribution is -2.31. The molecule has 0 unspecified atom stereocenters. The van der Waals surface area contributed by atoms with E-state index in [1.165, 1.54) is 0 Å². The van der Waals surface area contributed by atoms with Crippen LogP contribution >= 0.6 is 0 Å². The van der Waals surface area contributed by atoms with Gasteiger partial charge >= 0.3 is 5.97 Å². The standard InChI is InChI=1S/C25H25NO4/c1-3-19-10-5-6-14-23(19)26(17-18-9-7-12-21(15-18)25(28)29)24(27)20-11-8-13-22(16-20)30-4-2/h5-16H,3-4,17H2,1-2H3,(H,28,29). The zero-order valence-electron chi connectivity index (χ0n) is 17.2. The average molecular weight is 403 g/mol.